The van der Waals surface area contributed by atoms with Gasteiger partial charge in [0.25, 0.3) is 0 Å². The summed E-state index contributed by atoms with van der Waals surface area (Å²) >= 11 is 0. The topological polar surface area (TPSA) is 76.2 Å². The number of aromatic carboxylic acids is 1. The predicted octanol–water partition coefficient (Wildman–Crippen LogP) is 0.800. The van der Waals surface area contributed by atoms with Gasteiger partial charge in [0, 0.05) is 12.2 Å². The zero-order valence-electron chi connectivity index (χ0n) is 6.69. The van der Waals surface area contributed by atoms with Crippen LogP contribution in [0, 0.1) is 0 Å². The van der Waals surface area contributed by atoms with Crippen LogP contribution in [0.15, 0.2) is 18.3 Å². The molecular formula is C8H10N2O2. The Kier molecular flexibility index (Phi) is 2.40. The van der Waals surface area contributed by atoms with Gasteiger partial charge in [-0.3, -0.25) is 0 Å². The molecule has 1 atom stereocenters. The van der Waals surface area contributed by atoms with Crippen molar-refractivity contribution in [3.8, 4) is 0 Å². The van der Waals surface area contributed by atoms with E-state index in [9.17, 15) is 4.79 Å². The molecule has 0 fully saturated rings. The number of hydrogen-bond donors (Lipinski definition) is 2. The number of carbonyl (C=O) groups is 1. The van der Waals surface area contributed by atoms with Crippen molar-refractivity contribution in [1.82, 2.24) is 4.98 Å². The first-order valence-corrected chi connectivity index (χ1v) is 3.56. The summed E-state index contributed by atoms with van der Waals surface area (Å²) in [6.07, 6.45) is 1.48. The van der Waals surface area contributed by atoms with E-state index in [0.717, 1.165) is 5.56 Å². The van der Waals surface area contributed by atoms with Crippen LogP contribution in [0.5, 0.6) is 0 Å². The SMILES string of the molecule is C[C@H](N)c1ccc(C(=O)O)nc1. The van der Waals surface area contributed by atoms with Gasteiger partial charge in [-0.2, -0.15) is 0 Å². The number of pyridine rings is 1. The second-order valence-electron chi connectivity index (χ2n) is 2.57. The van der Waals surface area contributed by atoms with Gasteiger partial charge >= 0.3 is 5.97 Å². The van der Waals surface area contributed by atoms with Crippen LogP contribution >= 0.6 is 0 Å². The first kappa shape index (κ1) is 8.67. The second kappa shape index (κ2) is 3.32. The van der Waals surface area contributed by atoms with Crippen molar-refractivity contribution >= 4 is 5.97 Å². The number of rotatable bonds is 2. The predicted molar refractivity (Wildman–Crippen MR) is 43.8 cm³/mol. The highest BCUT2D eigenvalue weighted by Crippen LogP contribution is 2.07. The fraction of sp³-hybridized carbons (Fsp3) is 0.250. The molecule has 0 saturated heterocycles. The molecule has 0 bridgehead atoms. The van der Waals surface area contributed by atoms with Gasteiger partial charge in [-0.1, -0.05) is 6.07 Å². The van der Waals surface area contributed by atoms with E-state index in [-0.39, 0.29) is 11.7 Å². The summed E-state index contributed by atoms with van der Waals surface area (Å²) < 4.78 is 0. The highest BCUT2D eigenvalue weighted by Gasteiger charge is 2.04. The van der Waals surface area contributed by atoms with E-state index in [2.05, 4.69) is 4.98 Å². The van der Waals surface area contributed by atoms with Gasteiger partial charge in [-0.15, -0.1) is 0 Å². The monoisotopic (exact) mass is 166 g/mol. The Balaban J connectivity index is 2.93. The fourth-order valence-electron chi connectivity index (χ4n) is 0.801. The summed E-state index contributed by atoms with van der Waals surface area (Å²) in [4.78, 5) is 14.1. The fourth-order valence-corrected chi connectivity index (χ4v) is 0.801. The van der Waals surface area contributed by atoms with E-state index < -0.39 is 5.97 Å². The molecule has 0 aliphatic heterocycles. The molecule has 1 rings (SSSR count). The number of carboxylic acids is 1. The maximum Gasteiger partial charge on any atom is 0.354 e. The van der Waals surface area contributed by atoms with E-state index in [4.69, 9.17) is 10.8 Å². The lowest BCUT2D eigenvalue weighted by atomic mass is 10.1. The third kappa shape index (κ3) is 1.79. The summed E-state index contributed by atoms with van der Waals surface area (Å²) in [5, 5.41) is 8.52. The third-order valence-corrected chi connectivity index (χ3v) is 1.53. The van der Waals surface area contributed by atoms with Crippen molar-refractivity contribution in [1.29, 1.82) is 0 Å². The van der Waals surface area contributed by atoms with E-state index >= 15 is 0 Å². The lowest BCUT2D eigenvalue weighted by Crippen LogP contribution is -2.07. The van der Waals surface area contributed by atoms with E-state index in [1.54, 1.807) is 6.07 Å². The second-order valence-corrected chi connectivity index (χ2v) is 2.57. The molecule has 4 nitrogen and oxygen atoms in total. The van der Waals surface area contributed by atoms with E-state index in [1.165, 1.54) is 12.3 Å². The molecule has 0 amide bonds. The molecule has 0 aromatic carbocycles. The van der Waals surface area contributed by atoms with Crippen molar-refractivity contribution in [2.75, 3.05) is 0 Å². The summed E-state index contributed by atoms with van der Waals surface area (Å²) in [5.41, 5.74) is 6.43. The Morgan fingerprint density at radius 2 is 2.33 bits per heavy atom. The van der Waals surface area contributed by atoms with E-state index in [0.29, 0.717) is 0 Å². The van der Waals surface area contributed by atoms with Crippen molar-refractivity contribution in [2.24, 2.45) is 5.73 Å². The van der Waals surface area contributed by atoms with E-state index in [1.807, 2.05) is 6.92 Å². The number of hydrogen-bond acceptors (Lipinski definition) is 3. The molecule has 12 heavy (non-hydrogen) atoms. The molecule has 0 saturated carbocycles. The zero-order chi connectivity index (χ0) is 9.14. The molecule has 64 valence electrons. The lowest BCUT2D eigenvalue weighted by molar-refractivity contribution is 0.0690. The average molecular weight is 166 g/mol. The minimum Gasteiger partial charge on any atom is -0.477 e. The summed E-state index contributed by atoms with van der Waals surface area (Å²) in [6, 6.07) is 3.00. The minimum absolute atomic E-state index is 0.0411. The first-order valence-electron chi connectivity index (χ1n) is 3.56. The summed E-state index contributed by atoms with van der Waals surface area (Å²) in [6.45, 7) is 1.82. The van der Waals surface area contributed by atoms with Gasteiger partial charge in [-0.05, 0) is 18.6 Å². The summed E-state index contributed by atoms with van der Waals surface area (Å²) in [7, 11) is 0. The molecule has 1 aromatic heterocycles. The van der Waals surface area contributed by atoms with Gasteiger partial charge in [0.05, 0.1) is 0 Å². The van der Waals surface area contributed by atoms with Gasteiger partial charge in [0.15, 0.2) is 0 Å². The Morgan fingerprint density at radius 3 is 2.67 bits per heavy atom. The Bertz CT molecular complexity index is 280. The van der Waals surface area contributed by atoms with Crippen LogP contribution in [-0.2, 0) is 0 Å². The van der Waals surface area contributed by atoms with Gasteiger partial charge in [-0.25, -0.2) is 9.78 Å². The summed E-state index contributed by atoms with van der Waals surface area (Å²) in [5.74, 6) is -1.02. The van der Waals surface area contributed by atoms with Crippen LogP contribution in [0.25, 0.3) is 0 Å². The Morgan fingerprint density at radius 1 is 1.67 bits per heavy atom. The number of aromatic nitrogens is 1. The highest BCUT2D eigenvalue weighted by molar-refractivity contribution is 5.85. The molecule has 0 spiro atoms. The van der Waals surface area contributed by atoms with Gasteiger partial charge in [0.2, 0.25) is 0 Å². The molecule has 3 N–H and O–H groups in total. The maximum absolute atomic E-state index is 10.4. The molecule has 0 unspecified atom stereocenters. The number of nitrogens with zero attached hydrogens (tertiary/aromatic N) is 1. The number of carboxylic acid groups (broad SMARTS) is 1. The van der Waals surface area contributed by atoms with Crippen molar-refractivity contribution in [3.63, 3.8) is 0 Å². The normalized spacial score (nSPS) is 12.5. The Labute approximate surface area is 70.0 Å². The lowest BCUT2D eigenvalue weighted by Gasteiger charge is -2.03. The van der Waals surface area contributed by atoms with Crippen LogP contribution in [-0.4, -0.2) is 16.1 Å². The smallest absolute Gasteiger partial charge is 0.354 e. The molecule has 4 heteroatoms. The standard InChI is InChI=1S/C8H10N2O2/c1-5(9)6-2-3-7(8(11)12)10-4-6/h2-5H,9H2,1H3,(H,11,12)/t5-/m0/s1. The van der Waals surface area contributed by atoms with Crippen LogP contribution in [0.2, 0.25) is 0 Å². The van der Waals surface area contributed by atoms with Crippen LogP contribution in [0.3, 0.4) is 0 Å². The minimum atomic E-state index is -1.02. The maximum atomic E-state index is 10.4. The highest BCUT2D eigenvalue weighted by atomic mass is 16.4. The zero-order valence-corrected chi connectivity index (χ0v) is 6.69. The van der Waals surface area contributed by atoms with Crippen molar-refractivity contribution < 1.29 is 9.90 Å². The van der Waals surface area contributed by atoms with Crippen molar-refractivity contribution in [2.45, 2.75) is 13.0 Å². The number of nitrogens with two attached hydrogens (primary N) is 1. The molecule has 1 aromatic rings. The van der Waals surface area contributed by atoms with Crippen LogP contribution in [0.1, 0.15) is 29.0 Å². The first-order chi connectivity index (χ1) is 5.61. The molecule has 0 aliphatic rings. The molecule has 1 heterocycles. The Hall–Kier alpha value is -1.42. The van der Waals surface area contributed by atoms with Crippen LogP contribution in [0.4, 0.5) is 0 Å². The van der Waals surface area contributed by atoms with Gasteiger partial charge < -0.3 is 10.8 Å². The van der Waals surface area contributed by atoms with Gasteiger partial charge in [0.1, 0.15) is 5.69 Å². The quantitative estimate of drug-likeness (QED) is 0.681. The molecular weight excluding hydrogens is 156 g/mol. The van der Waals surface area contributed by atoms with Crippen LogP contribution < -0.4 is 5.73 Å². The van der Waals surface area contributed by atoms with Crippen molar-refractivity contribution in [3.05, 3.63) is 29.6 Å². The average Bonchev–Trinajstić information content (AvgIpc) is 2.04. The largest absolute Gasteiger partial charge is 0.477 e. The molecule has 0 aliphatic carbocycles. The molecule has 0 radical (unpaired) electrons. The third-order valence-electron chi connectivity index (χ3n) is 1.53.